The third-order valence-electron chi connectivity index (χ3n) is 2.68. The van der Waals surface area contributed by atoms with E-state index in [2.05, 4.69) is 31.1 Å². The van der Waals surface area contributed by atoms with Crippen molar-refractivity contribution in [1.29, 1.82) is 0 Å². The molecule has 0 aromatic carbocycles. The van der Waals surface area contributed by atoms with Gasteiger partial charge in [0.15, 0.2) is 5.96 Å². The number of nitrogens with zero attached hydrogens (tertiary/aromatic N) is 1. The Labute approximate surface area is 117 Å². The maximum absolute atomic E-state index is 5.79. The summed E-state index contributed by atoms with van der Waals surface area (Å²) in [6, 6.07) is 0.964. The Hall–Kier alpha value is 0. The van der Waals surface area contributed by atoms with Gasteiger partial charge in [-0.1, -0.05) is 26.7 Å². The highest BCUT2D eigenvalue weighted by atomic mass is 127. The van der Waals surface area contributed by atoms with E-state index in [1.54, 1.807) is 0 Å². The summed E-state index contributed by atoms with van der Waals surface area (Å²) in [6.45, 7) is 6.71. The molecule has 1 atom stereocenters. The minimum atomic E-state index is 0. The standard InChI is InChI=1S/C12H25N3.HI/c1-9(2)5-4-6-10(3)14-12(13)15-11-7-8-11;/h9-11H,4-8H2,1-3H3,(H3,13,14,15);1H. The van der Waals surface area contributed by atoms with Crippen LogP contribution in [0.15, 0.2) is 4.99 Å². The molecule has 1 unspecified atom stereocenters. The molecule has 3 nitrogen and oxygen atoms in total. The lowest BCUT2D eigenvalue weighted by atomic mass is 10.0. The molecule has 0 aromatic rings. The minimum Gasteiger partial charge on any atom is -0.370 e. The SMILES string of the molecule is CC(C)CCCC(C)NC(N)=NC1CC1.I. The van der Waals surface area contributed by atoms with Crippen LogP contribution in [-0.4, -0.2) is 18.0 Å². The molecule has 0 spiro atoms. The van der Waals surface area contributed by atoms with Gasteiger partial charge in [-0.3, -0.25) is 4.99 Å². The number of nitrogens with two attached hydrogens (primary N) is 1. The van der Waals surface area contributed by atoms with Crippen LogP contribution >= 0.6 is 24.0 Å². The maximum atomic E-state index is 5.79. The Kier molecular flexibility index (Phi) is 8.14. The number of hydrogen-bond donors (Lipinski definition) is 2. The van der Waals surface area contributed by atoms with E-state index in [9.17, 15) is 0 Å². The Balaban J connectivity index is 0.00000225. The molecule has 16 heavy (non-hydrogen) atoms. The van der Waals surface area contributed by atoms with Gasteiger partial charge in [-0.25, -0.2) is 0 Å². The van der Waals surface area contributed by atoms with E-state index in [0.717, 1.165) is 5.92 Å². The summed E-state index contributed by atoms with van der Waals surface area (Å²) < 4.78 is 0. The van der Waals surface area contributed by atoms with Crippen molar-refractivity contribution < 1.29 is 0 Å². The van der Waals surface area contributed by atoms with Crippen LogP contribution in [0.4, 0.5) is 0 Å². The van der Waals surface area contributed by atoms with E-state index in [4.69, 9.17) is 5.73 Å². The third-order valence-corrected chi connectivity index (χ3v) is 2.68. The van der Waals surface area contributed by atoms with Gasteiger partial charge in [0.05, 0.1) is 6.04 Å². The number of nitrogens with one attached hydrogen (secondary N) is 1. The summed E-state index contributed by atoms with van der Waals surface area (Å²) in [4.78, 5) is 4.35. The van der Waals surface area contributed by atoms with Crippen LogP contribution in [-0.2, 0) is 0 Å². The maximum Gasteiger partial charge on any atom is 0.189 e. The fraction of sp³-hybridized carbons (Fsp3) is 0.917. The van der Waals surface area contributed by atoms with Gasteiger partial charge >= 0.3 is 0 Å². The molecule has 0 heterocycles. The second-order valence-corrected chi connectivity index (χ2v) is 5.12. The molecular formula is C12H26IN3. The summed E-state index contributed by atoms with van der Waals surface area (Å²) in [7, 11) is 0. The van der Waals surface area contributed by atoms with Gasteiger partial charge in [0.1, 0.15) is 0 Å². The molecule has 0 amide bonds. The van der Waals surface area contributed by atoms with Crippen molar-refractivity contribution >= 4 is 29.9 Å². The summed E-state index contributed by atoms with van der Waals surface area (Å²) in [6.07, 6.45) is 6.17. The number of guanidine groups is 1. The van der Waals surface area contributed by atoms with Gasteiger partial charge in [-0.2, -0.15) is 0 Å². The van der Waals surface area contributed by atoms with Crippen LogP contribution in [0.1, 0.15) is 52.9 Å². The second kappa shape index (κ2) is 8.14. The van der Waals surface area contributed by atoms with Crippen molar-refractivity contribution in [2.24, 2.45) is 16.6 Å². The van der Waals surface area contributed by atoms with Crippen LogP contribution in [0.3, 0.4) is 0 Å². The summed E-state index contributed by atoms with van der Waals surface area (Å²) in [5, 5.41) is 3.25. The lowest BCUT2D eigenvalue weighted by Crippen LogP contribution is -2.38. The topological polar surface area (TPSA) is 50.4 Å². The first-order valence-corrected chi connectivity index (χ1v) is 6.17. The first kappa shape index (κ1) is 16.0. The minimum absolute atomic E-state index is 0. The Morgan fingerprint density at radius 1 is 1.31 bits per heavy atom. The Morgan fingerprint density at radius 2 is 1.94 bits per heavy atom. The lowest BCUT2D eigenvalue weighted by molar-refractivity contribution is 0.493. The van der Waals surface area contributed by atoms with Crippen molar-refractivity contribution in [3.8, 4) is 0 Å². The fourth-order valence-electron chi connectivity index (χ4n) is 1.59. The molecule has 0 bridgehead atoms. The third kappa shape index (κ3) is 8.19. The molecule has 1 saturated carbocycles. The van der Waals surface area contributed by atoms with Crippen LogP contribution in [0.25, 0.3) is 0 Å². The zero-order valence-electron chi connectivity index (χ0n) is 10.7. The van der Waals surface area contributed by atoms with E-state index < -0.39 is 0 Å². The molecule has 0 radical (unpaired) electrons. The van der Waals surface area contributed by atoms with Crippen LogP contribution in [0.5, 0.6) is 0 Å². The van der Waals surface area contributed by atoms with Gasteiger partial charge in [-0.15, -0.1) is 24.0 Å². The second-order valence-electron chi connectivity index (χ2n) is 5.12. The van der Waals surface area contributed by atoms with Crippen molar-refractivity contribution in [3.05, 3.63) is 0 Å². The molecule has 3 N–H and O–H groups in total. The largest absolute Gasteiger partial charge is 0.370 e. The molecule has 1 aliphatic carbocycles. The molecular weight excluding hydrogens is 313 g/mol. The fourth-order valence-corrected chi connectivity index (χ4v) is 1.59. The molecule has 4 heteroatoms. The van der Waals surface area contributed by atoms with E-state index >= 15 is 0 Å². The lowest BCUT2D eigenvalue weighted by Gasteiger charge is -2.14. The quantitative estimate of drug-likeness (QED) is 0.444. The summed E-state index contributed by atoms with van der Waals surface area (Å²) in [5.41, 5.74) is 5.79. The van der Waals surface area contributed by atoms with Gasteiger partial charge in [0, 0.05) is 6.04 Å². The monoisotopic (exact) mass is 339 g/mol. The number of hydrogen-bond acceptors (Lipinski definition) is 1. The molecule has 1 fully saturated rings. The number of aliphatic imine (C=N–C) groups is 1. The zero-order chi connectivity index (χ0) is 11.3. The Morgan fingerprint density at radius 3 is 2.44 bits per heavy atom. The van der Waals surface area contributed by atoms with Crippen LogP contribution in [0, 0.1) is 5.92 Å². The van der Waals surface area contributed by atoms with Crippen LogP contribution < -0.4 is 11.1 Å². The highest BCUT2D eigenvalue weighted by molar-refractivity contribution is 14.0. The van der Waals surface area contributed by atoms with Gasteiger partial charge in [0.2, 0.25) is 0 Å². The molecule has 1 rings (SSSR count). The average Bonchev–Trinajstić information content (AvgIpc) is 2.86. The summed E-state index contributed by atoms with van der Waals surface area (Å²) >= 11 is 0. The van der Waals surface area contributed by atoms with Crippen LogP contribution in [0.2, 0.25) is 0 Å². The van der Waals surface area contributed by atoms with E-state index in [0.29, 0.717) is 18.0 Å². The van der Waals surface area contributed by atoms with Gasteiger partial charge in [0.25, 0.3) is 0 Å². The van der Waals surface area contributed by atoms with E-state index in [1.807, 2.05) is 0 Å². The highest BCUT2D eigenvalue weighted by Crippen LogP contribution is 2.23. The van der Waals surface area contributed by atoms with Crippen molar-refractivity contribution in [3.63, 3.8) is 0 Å². The first-order chi connectivity index (χ1) is 7.08. The molecule has 0 aliphatic heterocycles. The van der Waals surface area contributed by atoms with Gasteiger partial charge < -0.3 is 11.1 Å². The predicted octanol–water partition coefficient (Wildman–Crippen LogP) is 2.89. The van der Waals surface area contributed by atoms with Crippen molar-refractivity contribution in [2.45, 2.75) is 65.0 Å². The average molecular weight is 339 g/mol. The molecule has 1 aliphatic rings. The summed E-state index contributed by atoms with van der Waals surface area (Å²) in [5.74, 6) is 1.43. The number of halogens is 1. The number of rotatable bonds is 6. The van der Waals surface area contributed by atoms with Crippen molar-refractivity contribution in [2.75, 3.05) is 0 Å². The molecule has 0 saturated heterocycles. The Bertz CT molecular complexity index is 212. The molecule has 0 aromatic heterocycles. The highest BCUT2D eigenvalue weighted by Gasteiger charge is 2.20. The van der Waals surface area contributed by atoms with E-state index in [-0.39, 0.29) is 24.0 Å². The first-order valence-electron chi connectivity index (χ1n) is 6.17. The smallest absolute Gasteiger partial charge is 0.189 e. The van der Waals surface area contributed by atoms with Crippen molar-refractivity contribution in [1.82, 2.24) is 5.32 Å². The molecule has 96 valence electrons. The zero-order valence-corrected chi connectivity index (χ0v) is 13.0. The van der Waals surface area contributed by atoms with Gasteiger partial charge in [-0.05, 0) is 32.1 Å². The van der Waals surface area contributed by atoms with E-state index in [1.165, 1.54) is 32.1 Å². The normalized spacial score (nSPS) is 18.1. The predicted molar refractivity (Wildman–Crippen MR) is 81.3 cm³/mol.